The molecule has 0 saturated heterocycles. The molecule has 0 aliphatic carbocycles. The van der Waals surface area contributed by atoms with E-state index >= 15 is 0 Å². The van der Waals surface area contributed by atoms with Crippen molar-refractivity contribution in [3.63, 3.8) is 0 Å². The van der Waals surface area contributed by atoms with Gasteiger partial charge in [-0.25, -0.2) is 23.2 Å². The number of halogens is 2. The smallest absolute Gasteiger partial charge is 0.309 e. The van der Waals surface area contributed by atoms with Gasteiger partial charge in [-0.2, -0.15) is 9.84 Å². The molecule has 12 heteroatoms. The highest BCUT2D eigenvalue weighted by Crippen LogP contribution is 2.46. The van der Waals surface area contributed by atoms with Gasteiger partial charge in [0.1, 0.15) is 13.5 Å². The molecule has 2 heterocycles. The Hall–Kier alpha value is -6.49. The molecule has 0 spiro atoms. The number of carboxylic acids is 1. The maximum absolute atomic E-state index is 11.3. The zero-order valence-corrected chi connectivity index (χ0v) is 39.6. The van der Waals surface area contributed by atoms with Gasteiger partial charge in [0.15, 0.2) is 18.0 Å². The van der Waals surface area contributed by atoms with E-state index in [1.54, 1.807) is 0 Å². The van der Waals surface area contributed by atoms with Crippen LogP contribution in [0.5, 0.6) is 0 Å². The molecule has 1 unspecified atom stereocenters. The molecule has 10 nitrogen and oxygen atoms in total. The molecule has 0 fully saturated rings. The van der Waals surface area contributed by atoms with Crippen LogP contribution in [-0.4, -0.2) is 45.2 Å². The van der Waals surface area contributed by atoms with Crippen LogP contribution in [0.3, 0.4) is 0 Å². The minimum Gasteiger partial charge on any atom is -1.00 e. The van der Waals surface area contributed by atoms with Gasteiger partial charge in [-0.05, 0) is 95.8 Å². The van der Waals surface area contributed by atoms with Gasteiger partial charge in [-0.15, -0.1) is 10.2 Å². The molecule has 0 saturated carbocycles. The number of allylic oxidation sites excluding steroid dienone is 1. The van der Waals surface area contributed by atoms with Crippen LogP contribution < -0.4 is 40.9 Å². The van der Waals surface area contributed by atoms with Crippen molar-refractivity contribution in [3.05, 3.63) is 186 Å². The number of nitrogens with zero attached hydrogens (tertiary/aromatic N) is 3. The minimum atomic E-state index is -4.94. The molecule has 0 amide bonds. The first kappa shape index (κ1) is 49.0. The number of anilines is 1. The number of hydrogen-bond acceptors (Lipinski definition) is 7. The summed E-state index contributed by atoms with van der Waals surface area (Å²) in [5, 5.41) is 27.1. The van der Waals surface area contributed by atoms with E-state index in [1.807, 2.05) is 66.9 Å². The average Bonchev–Trinajstić information content (AvgIpc) is 3.63. The van der Waals surface area contributed by atoms with Crippen LogP contribution in [0, 0.1) is 21.6 Å². The number of nitriles is 1. The standard InChI is InChI=1S/C29H25N2.C25H24N2O2.BrH.ClHO4/c1-20-29(2,28-26-11-7-4-8-22(26)16-17-27(28)31(20)3)18-21-12-14-23(15-13-21)25-10-6-5-9-24(25)19-30;1-25(2)22(14-16-26-19-9-4-3-5-10-19)27(17-15-23(28)29)21-13-12-18-8-6-7-11-20(18)24(21)25;;2-1(3,4)5/h4-17H,18H2,1-3H3;3-14,16H,15,17H2,1-2H3,(H,28,29);1H;(H,2,3,4,5)/q+1;;;/p-1. The normalized spacial score (nSPS) is 15.8. The Morgan fingerprint density at radius 1 is 0.742 bits per heavy atom. The van der Waals surface area contributed by atoms with Gasteiger partial charge < -0.3 is 27.4 Å². The van der Waals surface area contributed by atoms with Gasteiger partial charge >= 0.3 is 5.97 Å². The number of rotatable bonds is 9. The lowest BCUT2D eigenvalue weighted by atomic mass is 9.73. The van der Waals surface area contributed by atoms with Crippen molar-refractivity contribution < 1.29 is 64.9 Å². The summed E-state index contributed by atoms with van der Waals surface area (Å²) in [6.07, 6.45) is 5.04. The highest BCUT2D eigenvalue weighted by atomic mass is 79.9. The second kappa shape index (κ2) is 20.4. The summed E-state index contributed by atoms with van der Waals surface area (Å²) in [7, 11) is -2.77. The van der Waals surface area contributed by atoms with Crippen LogP contribution in [0.4, 0.5) is 17.1 Å². The third-order valence-electron chi connectivity index (χ3n) is 12.6. The first-order valence-corrected chi connectivity index (χ1v) is 22.4. The number of fused-ring (bicyclic) bond motifs is 6. The lowest BCUT2D eigenvalue weighted by Gasteiger charge is -2.24. The lowest BCUT2D eigenvalue weighted by molar-refractivity contribution is -2.00. The third-order valence-corrected chi connectivity index (χ3v) is 12.6. The Labute approximate surface area is 397 Å². The number of hydrogen-bond donors (Lipinski definition) is 2. The fourth-order valence-electron chi connectivity index (χ4n) is 9.35. The Morgan fingerprint density at radius 2 is 1.29 bits per heavy atom. The van der Waals surface area contributed by atoms with Gasteiger partial charge in [-0.3, -0.25) is 4.79 Å². The molecular weight excluding hydrogens is 916 g/mol. The molecular formula is C54H50BrClN4O6. The zero-order valence-electron chi connectivity index (χ0n) is 37.3. The van der Waals surface area contributed by atoms with Crippen LogP contribution in [0.2, 0.25) is 0 Å². The van der Waals surface area contributed by atoms with E-state index < -0.39 is 16.2 Å². The fraction of sp³-hybridized carbons (Fsp3) is 0.185. The van der Waals surface area contributed by atoms with E-state index in [2.05, 4.69) is 152 Å². The summed E-state index contributed by atoms with van der Waals surface area (Å²) in [5.41, 5.74) is 12.3. The van der Waals surface area contributed by atoms with E-state index in [1.165, 1.54) is 49.6 Å². The lowest BCUT2D eigenvalue weighted by Crippen LogP contribution is -3.00. The van der Waals surface area contributed by atoms with Crippen LogP contribution in [0.1, 0.15) is 56.4 Å². The van der Waals surface area contributed by atoms with E-state index in [-0.39, 0.29) is 34.2 Å². The molecule has 2 aliphatic rings. The summed E-state index contributed by atoms with van der Waals surface area (Å²) < 4.78 is 38.5. The van der Waals surface area contributed by atoms with Gasteiger partial charge in [0.05, 0.1) is 22.5 Å². The second-order valence-electron chi connectivity index (χ2n) is 16.9. The maximum Gasteiger partial charge on any atom is 0.309 e. The van der Waals surface area contributed by atoms with Crippen LogP contribution >= 0.6 is 0 Å². The summed E-state index contributed by atoms with van der Waals surface area (Å²) in [6, 6.07) is 54.6. The van der Waals surface area contributed by atoms with E-state index in [0.717, 1.165) is 34.6 Å². The molecule has 1 atom stereocenters. The molecule has 2 N–H and O–H groups in total. The topological polar surface area (TPSA) is 171 Å². The number of carbonyl (C=O) groups is 1. The van der Waals surface area contributed by atoms with Crippen molar-refractivity contribution in [1.29, 1.82) is 5.26 Å². The zero-order chi connectivity index (χ0) is 46.5. The summed E-state index contributed by atoms with van der Waals surface area (Å²) in [4.78, 5) is 11.3. The Morgan fingerprint density at radius 3 is 1.89 bits per heavy atom. The molecule has 336 valence electrons. The first-order valence-electron chi connectivity index (χ1n) is 21.2. The molecule has 0 radical (unpaired) electrons. The number of para-hydroxylation sites is 1. The van der Waals surface area contributed by atoms with Gasteiger partial charge in [-0.1, -0.05) is 109 Å². The predicted molar refractivity (Wildman–Crippen MR) is 246 cm³/mol. The third kappa shape index (κ3) is 10.5. The van der Waals surface area contributed by atoms with Crippen LogP contribution in [0.25, 0.3) is 32.7 Å². The van der Waals surface area contributed by atoms with E-state index in [0.29, 0.717) is 12.1 Å². The molecule has 9 rings (SSSR count). The van der Waals surface area contributed by atoms with E-state index in [4.69, 9.17) is 18.6 Å². The van der Waals surface area contributed by atoms with Crippen molar-refractivity contribution >= 4 is 56.0 Å². The molecule has 0 aromatic heterocycles. The quantitative estimate of drug-likeness (QED) is 0.203. The molecule has 7 aromatic carbocycles. The molecule has 66 heavy (non-hydrogen) atoms. The summed E-state index contributed by atoms with van der Waals surface area (Å²) >= 11 is 0. The number of nitrogens with one attached hydrogen (secondary N) is 1. The van der Waals surface area contributed by atoms with Crippen molar-refractivity contribution in [3.8, 4) is 17.2 Å². The van der Waals surface area contributed by atoms with E-state index in [9.17, 15) is 15.2 Å². The minimum absolute atomic E-state index is 0. The van der Waals surface area contributed by atoms with Crippen molar-refractivity contribution in [1.82, 2.24) is 0 Å². The summed E-state index contributed by atoms with van der Waals surface area (Å²) in [6.45, 7) is 9.49. The predicted octanol–water partition coefficient (Wildman–Crippen LogP) is 4.19. The monoisotopic (exact) mass is 964 g/mol. The maximum atomic E-state index is 11.3. The fourth-order valence-corrected chi connectivity index (χ4v) is 9.35. The molecule has 7 aromatic rings. The molecule has 0 bridgehead atoms. The first-order chi connectivity index (χ1) is 31.0. The van der Waals surface area contributed by atoms with Crippen molar-refractivity contribution in [2.24, 2.45) is 0 Å². The number of carboxylic acid groups (broad SMARTS) is 1. The van der Waals surface area contributed by atoms with Gasteiger partial charge in [0.2, 0.25) is 11.4 Å². The van der Waals surface area contributed by atoms with Crippen LogP contribution in [0.15, 0.2) is 164 Å². The number of aliphatic carboxylic acids is 1. The highest BCUT2D eigenvalue weighted by molar-refractivity contribution is 6.08. The van der Waals surface area contributed by atoms with Gasteiger partial charge in [0, 0.05) is 48.1 Å². The average molecular weight is 966 g/mol. The SMILES string of the molecule is CC1(C)C(/C=C/Nc2ccccc2)=[N+](CCC(=O)O)c2ccc3ccccc3c21.CC1=[N+](C)c2ccc3ccccc3c2C1(C)Cc1ccc(-c2ccccc2C#N)cc1.[Br-].[O-][Cl+3]([O-])([O-])[O-]. The Kier molecular flexibility index (Phi) is 15.1. The van der Waals surface area contributed by atoms with Crippen molar-refractivity contribution in [2.75, 3.05) is 18.9 Å². The van der Waals surface area contributed by atoms with Gasteiger partial charge in [0.25, 0.3) is 0 Å². The second-order valence-corrected chi connectivity index (χ2v) is 17.7. The highest BCUT2D eigenvalue weighted by Gasteiger charge is 2.47. The molecule has 2 aliphatic heterocycles. The Balaban J connectivity index is 0.000000196. The summed E-state index contributed by atoms with van der Waals surface area (Å²) in [5.74, 6) is -0.789. The van der Waals surface area contributed by atoms with Crippen molar-refractivity contribution in [2.45, 2.75) is 51.4 Å². The largest absolute Gasteiger partial charge is 1.00 e. The Bertz CT molecular complexity index is 3040. The number of benzene rings is 7. The van der Waals surface area contributed by atoms with Crippen LogP contribution in [-0.2, 0) is 22.0 Å².